The molecule has 0 saturated heterocycles. The van der Waals surface area contributed by atoms with Crippen LogP contribution in [0.3, 0.4) is 0 Å². The number of amides is 1. The van der Waals surface area contributed by atoms with Crippen molar-refractivity contribution in [3.05, 3.63) is 65.5 Å². The van der Waals surface area contributed by atoms with Crippen LogP contribution in [-0.4, -0.2) is 10.9 Å². The van der Waals surface area contributed by atoms with Crippen LogP contribution in [0.2, 0.25) is 0 Å². The molecule has 4 heteroatoms. The van der Waals surface area contributed by atoms with Crippen LogP contribution in [0.15, 0.2) is 48.8 Å². The van der Waals surface area contributed by atoms with Crippen LogP contribution in [0.4, 0.5) is 0 Å². The number of nitrogens with zero attached hydrogens (tertiary/aromatic N) is 2. The first kappa shape index (κ1) is 12.8. The summed E-state index contributed by atoms with van der Waals surface area (Å²) in [7, 11) is 0. The topological polar surface area (TPSA) is 65.8 Å². The second-order valence-corrected chi connectivity index (χ2v) is 4.12. The third-order valence-electron chi connectivity index (χ3n) is 2.66. The molecule has 0 unspecified atom stereocenters. The highest BCUT2D eigenvalue weighted by Crippen LogP contribution is 2.04. The molecule has 1 aromatic carbocycles. The van der Waals surface area contributed by atoms with E-state index in [1.165, 1.54) is 0 Å². The van der Waals surface area contributed by atoms with Gasteiger partial charge in [0.15, 0.2) is 0 Å². The van der Waals surface area contributed by atoms with Gasteiger partial charge in [0, 0.05) is 18.9 Å². The standard InChI is InChI=1S/C15H13N3O/c16-9-13-5-3-12(4-6-13)8-15(19)18-11-14-2-1-7-17-10-14/h1-7,10H,8,11H2,(H,18,19). The van der Waals surface area contributed by atoms with E-state index in [2.05, 4.69) is 10.3 Å². The first-order valence-electron chi connectivity index (χ1n) is 5.92. The number of nitrogens with one attached hydrogen (secondary N) is 1. The normalized spacial score (nSPS) is 9.63. The fraction of sp³-hybridized carbons (Fsp3) is 0.133. The van der Waals surface area contributed by atoms with E-state index >= 15 is 0 Å². The number of hydrogen-bond acceptors (Lipinski definition) is 3. The molecule has 0 bridgehead atoms. The second kappa shape index (κ2) is 6.31. The molecule has 0 aliphatic heterocycles. The zero-order chi connectivity index (χ0) is 13.5. The lowest BCUT2D eigenvalue weighted by molar-refractivity contribution is -0.120. The molecule has 1 amide bonds. The fourth-order valence-electron chi connectivity index (χ4n) is 1.65. The lowest BCUT2D eigenvalue weighted by Gasteiger charge is -2.05. The third-order valence-corrected chi connectivity index (χ3v) is 2.66. The van der Waals surface area contributed by atoms with E-state index < -0.39 is 0 Å². The quantitative estimate of drug-likeness (QED) is 0.901. The van der Waals surface area contributed by atoms with Gasteiger partial charge < -0.3 is 5.32 Å². The van der Waals surface area contributed by atoms with Gasteiger partial charge in [-0.3, -0.25) is 9.78 Å². The van der Waals surface area contributed by atoms with Crippen molar-refractivity contribution in [2.24, 2.45) is 0 Å². The van der Waals surface area contributed by atoms with E-state index in [4.69, 9.17) is 5.26 Å². The zero-order valence-electron chi connectivity index (χ0n) is 10.3. The lowest BCUT2D eigenvalue weighted by atomic mass is 10.1. The highest BCUT2D eigenvalue weighted by Gasteiger charge is 2.03. The van der Waals surface area contributed by atoms with Crippen molar-refractivity contribution < 1.29 is 4.79 Å². The summed E-state index contributed by atoms with van der Waals surface area (Å²) in [6.07, 6.45) is 3.73. The number of pyridine rings is 1. The SMILES string of the molecule is N#Cc1ccc(CC(=O)NCc2cccnc2)cc1. The van der Waals surface area contributed by atoms with E-state index in [-0.39, 0.29) is 5.91 Å². The van der Waals surface area contributed by atoms with Crippen LogP contribution in [0, 0.1) is 11.3 Å². The number of rotatable bonds is 4. The van der Waals surface area contributed by atoms with Crippen LogP contribution in [0.1, 0.15) is 16.7 Å². The predicted molar refractivity (Wildman–Crippen MR) is 70.9 cm³/mol. The number of benzene rings is 1. The van der Waals surface area contributed by atoms with E-state index in [1.807, 2.05) is 18.2 Å². The summed E-state index contributed by atoms with van der Waals surface area (Å²) >= 11 is 0. The van der Waals surface area contributed by atoms with Crippen molar-refractivity contribution in [1.82, 2.24) is 10.3 Å². The van der Waals surface area contributed by atoms with Crippen molar-refractivity contribution in [2.45, 2.75) is 13.0 Å². The number of hydrogen-bond donors (Lipinski definition) is 1. The van der Waals surface area contributed by atoms with Gasteiger partial charge in [-0.05, 0) is 29.3 Å². The molecule has 94 valence electrons. The minimum Gasteiger partial charge on any atom is -0.352 e. The Labute approximate surface area is 111 Å². The summed E-state index contributed by atoms with van der Waals surface area (Å²) in [6.45, 7) is 0.475. The van der Waals surface area contributed by atoms with Gasteiger partial charge in [-0.25, -0.2) is 0 Å². The molecule has 0 radical (unpaired) electrons. The summed E-state index contributed by atoms with van der Waals surface area (Å²) in [5.41, 5.74) is 2.46. The Balaban J connectivity index is 1.86. The Morgan fingerprint density at radius 3 is 2.63 bits per heavy atom. The van der Waals surface area contributed by atoms with Gasteiger partial charge in [0.2, 0.25) is 5.91 Å². The Kier molecular flexibility index (Phi) is 4.25. The Morgan fingerprint density at radius 1 is 1.21 bits per heavy atom. The molecule has 0 atom stereocenters. The Morgan fingerprint density at radius 2 is 2.00 bits per heavy atom. The largest absolute Gasteiger partial charge is 0.352 e. The van der Waals surface area contributed by atoms with Crippen LogP contribution in [-0.2, 0) is 17.8 Å². The summed E-state index contributed by atoms with van der Waals surface area (Å²) in [5.74, 6) is -0.0476. The molecule has 0 aliphatic rings. The molecule has 2 rings (SSSR count). The summed E-state index contributed by atoms with van der Waals surface area (Å²) in [5, 5.41) is 11.5. The van der Waals surface area contributed by atoms with E-state index in [1.54, 1.807) is 36.7 Å². The van der Waals surface area contributed by atoms with Crippen molar-refractivity contribution in [3.8, 4) is 6.07 Å². The van der Waals surface area contributed by atoms with E-state index in [9.17, 15) is 4.79 Å². The molecule has 0 saturated carbocycles. The van der Waals surface area contributed by atoms with Gasteiger partial charge in [-0.2, -0.15) is 5.26 Å². The lowest BCUT2D eigenvalue weighted by Crippen LogP contribution is -2.24. The average Bonchev–Trinajstić information content (AvgIpc) is 2.47. The maximum atomic E-state index is 11.7. The average molecular weight is 251 g/mol. The number of carbonyl (C=O) groups is 1. The van der Waals surface area contributed by atoms with Crippen LogP contribution in [0.5, 0.6) is 0 Å². The van der Waals surface area contributed by atoms with E-state index in [0.29, 0.717) is 18.5 Å². The van der Waals surface area contributed by atoms with Crippen LogP contribution >= 0.6 is 0 Å². The summed E-state index contributed by atoms with van der Waals surface area (Å²) < 4.78 is 0. The van der Waals surface area contributed by atoms with Crippen molar-refractivity contribution >= 4 is 5.91 Å². The molecule has 0 spiro atoms. The maximum Gasteiger partial charge on any atom is 0.224 e. The van der Waals surface area contributed by atoms with E-state index in [0.717, 1.165) is 11.1 Å². The summed E-state index contributed by atoms with van der Waals surface area (Å²) in [6, 6.07) is 12.8. The highest BCUT2D eigenvalue weighted by atomic mass is 16.1. The number of aromatic nitrogens is 1. The second-order valence-electron chi connectivity index (χ2n) is 4.12. The van der Waals surface area contributed by atoms with Crippen molar-refractivity contribution in [2.75, 3.05) is 0 Å². The first-order valence-corrected chi connectivity index (χ1v) is 5.92. The van der Waals surface area contributed by atoms with Gasteiger partial charge >= 0.3 is 0 Å². The molecule has 1 N–H and O–H groups in total. The monoisotopic (exact) mass is 251 g/mol. The molecule has 2 aromatic rings. The molecular formula is C15H13N3O. The van der Waals surface area contributed by atoms with Crippen LogP contribution in [0.25, 0.3) is 0 Å². The minimum atomic E-state index is -0.0476. The molecule has 0 aliphatic carbocycles. The molecule has 4 nitrogen and oxygen atoms in total. The van der Waals surface area contributed by atoms with Crippen LogP contribution < -0.4 is 5.32 Å². The zero-order valence-corrected chi connectivity index (χ0v) is 10.3. The number of carbonyl (C=O) groups excluding carboxylic acids is 1. The smallest absolute Gasteiger partial charge is 0.224 e. The fourth-order valence-corrected chi connectivity index (χ4v) is 1.65. The van der Waals surface area contributed by atoms with Gasteiger partial charge in [-0.1, -0.05) is 18.2 Å². The first-order chi connectivity index (χ1) is 9.28. The summed E-state index contributed by atoms with van der Waals surface area (Å²) in [4.78, 5) is 15.7. The molecular weight excluding hydrogens is 238 g/mol. The molecule has 19 heavy (non-hydrogen) atoms. The Hall–Kier alpha value is -2.67. The van der Waals surface area contributed by atoms with Gasteiger partial charge in [0.1, 0.15) is 0 Å². The molecule has 1 heterocycles. The third kappa shape index (κ3) is 3.93. The van der Waals surface area contributed by atoms with Gasteiger partial charge in [-0.15, -0.1) is 0 Å². The highest BCUT2D eigenvalue weighted by molar-refractivity contribution is 5.78. The molecule has 1 aromatic heterocycles. The van der Waals surface area contributed by atoms with Crippen molar-refractivity contribution in [3.63, 3.8) is 0 Å². The maximum absolute atomic E-state index is 11.7. The minimum absolute atomic E-state index is 0.0476. The van der Waals surface area contributed by atoms with Gasteiger partial charge in [0.05, 0.1) is 18.1 Å². The molecule has 0 fully saturated rings. The van der Waals surface area contributed by atoms with Gasteiger partial charge in [0.25, 0.3) is 0 Å². The van der Waals surface area contributed by atoms with Crippen molar-refractivity contribution in [1.29, 1.82) is 5.26 Å². The number of nitriles is 1. The predicted octanol–water partition coefficient (Wildman–Crippen LogP) is 1.81. The Bertz CT molecular complexity index is 585.